The molecule has 0 amide bonds. The van der Waals surface area contributed by atoms with Gasteiger partial charge in [0.1, 0.15) is 0 Å². The van der Waals surface area contributed by atoms with E-state index in [1.165, 1.54) is 0 Å². The molecule has 2 N–H and O–H groups in total. The Morgan fingerprint density at radius 2 is 2.31 bits per heavy atom. The topological polar surface area (TPSA) is 66.9 Å². The minimum Gasteiger partial charge on any atom is -0.321 e. The second-order valence-electron chi connectivity index (χ2n) is 2.74. The van der Waals surface area contributed by atoms with Gasteiger partial charge in [-0.3, -0.25) is 4.79 Å². The summed E-state index contributed by atoms with van der Waals surface area (Å²) in [5.74, 6) is 0. The Morgan fingerprint density at radius 3 is 2.92 bits per heavy atom. The van der Waals surface area contributed by atoms with E-state index in [4.69, 9.17) is 11.0 Å². The summed E-state index contributed by atoms with van der Waals surface area (Å²) in [4.78, 5) is 10.1. The van der Waals surface area contributed by atoms with Gasteiger partial charge in [-0.2, -0.15) is 5.26 Å². The van der Waals surface area contributed by atoms with Crippen molar-refractivity contribution in [1.82, 2.24) is 0 Å². The van der Waals surface area contributed by atoms with Gasteiger partial charge in [-0.05, 0) is 24.1 Å². The normalized spacial score (nSPS) is 11.7. The molecule has 1 atom stereocenters. The summed E-state index contributed by atoms with van der Waals surface area (Å²) in [6.07, 6.45) is 2.13. The van der Waals surface area contributed by atoms with Crippen molar-refractivity contribution in [2.75, 3.05) is 0 Å². The Morgan fingerprint density at radius 1 is 1.54 bits per heavy atom. The zero-order valence-electron chi connectivity index (χ0n) is 7.03. The molecule has 1 aromatic rings. The van der Waals surface area contributed by atoms with Gasteiger partial charge in [-0.15, -0.1) is 0 Å². The molecular formula is C10H9N2O. The van der Waals surface area contributed by atoms with Gasteiger partial charge in [0.25, 0.3) is 0 Å². The highest BCUT2D eigenvalue weighted by molar-refractivity contribution is 5.58. The van der Waals surface area contributed by atoms with E-state index in [1.807, 2.05) is 12.1 Å². The van der Waals surface area contributed by atoms with Crippen LogP contribution in [0.3, 0.4) is 0 Å². The van der Waals surface area contributed by atoms with Gasteiger partial charge in [0.2, 0.25) is 6.29 Å². The first kappa shape index (κ1) is 9.43. The van der Waals surface area contributed by atoms with Crippen LogP contribution in [-0.2, 0) is 11.2 Å². The Labute approximate surface area is 76.8 Å². The van der Waals surface area contributed by atoms with Crippen LogP contribution < -0.4 is 5.73 Å². The summed E-state index contributed by atoms with van der Waals surface area (Å²) in [6.45, 7) is 0. The van der Waals surface area contributed by atoms with Crippen LogP contribution >= 0.6 is 0 Å². The molecule has 1 aromatic carbocycles. The van der Waals surface area contributed by atoms with Gasteiger partial charge >= 0.3 is 0 Å². The van der Waals surface area contributed by atoms with E-state index in [9.17, 15) is 4.79 Å². The molecule has 0 aliphatic heterocycles. The zero-order valence-corrected chi connectivity index (χ0v) is 7.03. The summed E-state index contributed by atoms with van der Waals surface area (Å²) < 4.78 is 0. The highest BCUT2D eigenvalue weighted by atomic mass is 16.1. The van der Waals surface area contributed by atoms with E-state index in [0.717, 1.165) is 5.56 Å². The van der Waals surface area contributed by atoms with Gasteiger partial charge in [-0.25, -0.2) is 0 Å². The first-order valence-corrected chi connectivity index (χ1v) is 3.88. The molecule has 1 radical (unpaired) electrons. The molecule has 13 heavy (non-hydrogen) atoms. The molecule has 0 aliphatic carbocycles. The minimum absolute atomic E-state index is 0.430. The number of benzene rings is 1. The molecule has 0 bridgehead atoms. The number of hydrogen-bond donors (Lipinski definition) is 1. The van der Waals surface area contributed by atoms with Gasteiger partial charge < -0.3 is 5.73 Å². The predicted octanol–water partition coefficient (Wildman–Crippen LogP) is 0.538. The van der Waals surface area contributed by atoms with Crippen molar-refractivity contribution in [1.29, 1.82) is 5.26 Å². The maximum absolute atomic E-state index is 10.1. The molecular weight excluding hydrogens is 164 g/mol. The lowest BCUT2D eigenvalue weighted by atomic mass is 10.1. The van der Waals surface area contributed by atoms with Crippen LogP contribution in [0.5, 0.6) is 0 Å². The average Bonchev–Trinajstić information content (AvgIpc) is 2.18. The van der Waals surface area contributed by atoms with E-state index in [1.54, 1.807) is 24.5 Å². The Kier molecular flexibility index (Phi) is 3.18. The predicted molar refractivity (Wildman–Crippen MR) is 48.5 cm³/mol. The van der Waals surface area contributed by atoms with Crippen molar-refractivity contribution in [3.05, 3.63) is 35.4 Å². The molecule has 0 fully saturated rings. The van der Waals surface area contributed by atoms with E-state index in [0.29, 0.717) is 12.0 Å². The lowest BCUT2D eigenvalue weighted by molar-refractivity contribution is 0.541. The van der Waals surface area contributed by atoms with Gasteiger partial charge in [0.05, 0.1) is 17.7 Å². The van der Waals surface area contributed by atoms with Crippen molar-refractivity contribution in [2.45, 2.75) is 12.5 Å². The number of nitrogens with two attached hydrogens (primary N) is 1. The molecule has 0 aromatic heterocycles. The summed E-state index contributed by atoms with van der Waals surface area (Å²) in [7, 11) is 0. The van der Waals surface area contributed by atoms with Crippen LogP contribution in [0.25, 0.3) is 0 Å². The SMILES string of the molecule is N#Cc1cccc(CC(N)[C]=O)c1. The first-order chi connectivity index (χ1) is 6.26. The lowest BCUT2D eigenvalue weighted by Crippen LogP contribution is -2.23. The average molecular weight is 173 g/mol. The summed E-state index contributed by atoms with van der Waals surface area (Å²) in [6, 6.07) is 8.44. The first-order valence-electron chi connectivity index (χ1n) is 3.88. The second-order valence-corrected chi connectivity index (χ2v) is 2.74. The molecule has 0 saturated carbocycles. The fraction of sp³-hybridized carbons (Fsp3) is 0.200. The van der Waals surface area contributed by atoms with Crippen molar-refractivity contribution >= 4 is 6.29 Å². The number of nitrogens with zero attached hydrogens (tertiary/aromatic N) is 1. The number of nitriles is 1. The Bertz CT molecular complexity index is 341. The quantitative estimate of drug-likeness (QED) is 0.725. The molecule has 3 heteroatoms. The van der Waals surface area contributed by atoms with Gasteiger partial charge in [-0.1, -0.05) is 12.1 Å². The smallest absolute Gasteiger partial charge is 0.217 e. The fourth-order valence-electron chi connectivity index (χ4n) is 1.06. The molecule has 0 aliphatic rings. The fourth-order valence-corrected chi connectivity index (χ4v) is 1.06. The molecule has 0 saturated heterocycles. The van der Waals surface area contributed by atoms with Crippen LogP contribution in [0.2, 0.25) is 0 Å². The lowest BCUT2D eigenvalue weighted by Gasteiger charge is -2.02. The molecule has 3 nitrogen and oxygen atoms in total. The van der Waals surface area contributed by atoms with E-state index in [2.05, 4.69) is 0 Å². The largest absolute Gasteiger partial charge is 0.321 e. The third-order valence-corrected chi connectivity index (χ3v) is 1.66. The van der Waals surface area contributed by atoms with Crippen molar-refractivity contribution < 1.29 is 4.79 Å². The number of hydrogen-bond acceptors (Lipinski definition) is 3. The highest BCUT2D eigenvalue weighted by Gasteiger charge is 2.03. The Balaban J connectivity index is 2.78. The van der Waals surface area contributed by atoms with Crippen LogP contribution in [-0.4, -0.2) is 12.3 Å². The van der Waals surface area contributed by atoms with E-state index >= 15 is 0 Å². The molecule has 0 spiro atoms. The van der Waals surface area contributed by atoms with Crippen LogP contribution in [0.1, 0.15) is 11.1 Å². The summed E-state index contributed by atoms with van der Waals surface area (Å²) in [5, 5.41) is 8.59. The minimum atomic E-state index is -0.603. The van der Waals surface area contributed by atoms with Crippen molar-refractivity contribution in [2.24, 2.45) is 5.73 Å². The molecule has 0 heterocycles. The maximum atomic E-state index is 10.1. The van der Waals surface area contributed by atoms with E-state index in [-0.39, 0.29) is 0 Å². The highest BCUT2D eigenvalue weighted by Crippen LogP contribution is 2.05. The maximum Gasteiger partial charge on any atom is 0.217 e. The van der Waals surface area contributed by atoms with Crippen LogP contribution in [0.15, 0.2) is 24.3 Å². The number of carbonyl (C=O) groups excluding carboxylic acids is 1. The number of rotatable bonds is 3. The van der Waals surface area contributed by atoms with E-state index < -0.39 is 6.04 Å². The molecule has 65 valence electrons. The van der Waals surface area contributed by atoms with Crippen molar-refractivity contribution in [3.8, 4) is 6.07 Å². The standard InChI is InChI=1S/C10H9N2O/c11-6-9-3-1-2-8(4-9)5-10(12)7-13/h1-4,10H,5,12H2. The van der Waals surface area contributed by atoms with Crippen LogP contribution in [0.4, 0.5) is 0 Å². The zero-order chi connectivity index (χ0) is 9.68. The third kappa shape index (κ3) is 2.69. The van der Waals surface area contributed by atoms with Gasteiger partial charge in [0.15, 0.2) is 0 Å². The van der Waals surface area contributed by atoms with Crippen LogP contribution in [0, 0.1) is 11.3 Å². The van der Waals surface area contributed by atoms with Crippen molar-refractivity contribution in [3.63, 3.8) is 0 Å². The molecule has 1 rings (SSSR count). The summed E-state index contributed by atoms with van der Waals surface area (Å²) in [5.41, 5.74) is 6.85. The Hall–Kier alpha value is -1.66. The molecule has 1 unspecified atom stereocenters. The monoisotopic (exact) mass is 173 g/mol. The summed E-state index contributed by atoms with van der Waals surface area (Å²) >= 11 is 0. The van der Waals surface area contributed by atoms with Gasteiger partial charge in [0, 0.05) is 0 Å². The third-order valence-electron chi connectivity index (χ3n) is 1.66. The second kappa shape index (κ2) is 4.39.